The molecule has 0 aliphatic carbocycles. The number of ether oxygens (including phenoxy) is 2. The predicted molar refractivity (Wildman–Crippen MR) is 216 cm³/mol. The molecule has 0 radical (unpaired) electrons. The maximum absolute atomic E-state index is 12.6. The lowest BCUT2D eigenvalue weighted by molar-refractivity contribution is -0.161. The Bertz CT molecular complexity index is 1120. The number of rotatable bonds is 39. The Hall–Kier alpha value is -1.66. The molecule has 0 aliphatic rings. The number of carbonyl (C=O) groups excluding carboxylic acids is 2. The lowest BCUT2D eigenvalue weighted by Crippen LogP contribution is -2.30. The van der Waals surface area contributed by atoms with Gasteiger partial charge in [0, 0.05) is 12.8 Å². The van der Waals surface area contributed by atoms with Crippen molar-refractivity contribution in [2.75, 3.05) is 26.4 Å². The summed E-state index contributed by atoms with van der Waals surface area (Å²) < 4.78 is 47.6. The van der Waals surface area contributed by atoms with Crippen molar-refractivity contribution in [2.24, 2.45) is 0 Å². The molecule has 0 aromatic carbocycles. The van der Waals surface area contributed by atoms with Gasteiger partial charge in [-0.15, -0.1) is 0 Å². The normalized spacial score (nSPS) is 14.5. The lowest BCUT2D eigenvalue weighted by Gasteiger charge is -2.20. The Morgan fingerprint density at radius 1 is 0.527 bits per heavy atom. The first-order valence-corrected chi connectivity index (χ1v) is 23.7. The third-order valence-corrected chi connectivity index (χ3v) is 9.96. The van der Waals surface area contributed by atoms with Gasteiger partial charge in [-0.25, -0.2) is 9.13 Å². The van der Waals surface area contributed by atoms with Gasteiger partial charge >= 0.3 is 27.6 Å². The van der Waals surface area contributed by atoms with Crippen LogP contribution in [0.3, 0.4) is 0 Å². The molecule has 0 saturated heterocycles. The molecule has 0 bridgehead atoms. The molecule has 322 valence electrons. The topological polar surface area (TPSA) is 195 Å². The average Bonchev–Trinajstić information content (AvgIpc) is 3.14. The minimum absolute atomic E-state index is 0.126. The molecule has 0 spiro atoms. The zero-order chi connectivity index (χ0) is 40.9. The first-order valence-electron chi connectivity index (χ1n) is 20.7. The van der Waals surface area contributed by atoms with Crippen molar-refractivity contribution < 1.29 is 61.6 Å². The largest absolute Gasteiger partial charge is 0.472 e. The van der Waals surface area contributed by atoms with E-state index in [1.807, 2.05) is 0 Å². The minimum Gasteiger partial charge on any atom is -0.462 e. The molecule has 15 heteroatoms. The standard InChI is InChI=1S/C40H74O13P2/c1-3-5-7-9-11-13-15-17-18-20-21-23-25-27-29-31-39(42)49-35-38(36-52-55(47,48)51-34-37(41)33-50-54(44,45)46)53-40(43)32-30-28-26-24-22-19-16-14-12-10-8-6-4-2/h11,13,17-18,21,23,37-38,41H,3-10,12,14-16,19-20,22,24-36H2,1-2H3,(H,47,48)(H2,44,45,46)/b13-11-,18-17-,23-21-/t37-,38+/m0/s1. The number of allylic oxidation sites excluding steroid dienone is 6. The quantitative estimate of drug-likeness (QED) is 0.0198. The van der Waals surface area contributed by atoms with Crippen molar-refractivity contribution in [3.05, 3.63) is 36.5 Å². The van der Waals surface area contributed by atoms with E-state index in [4.69, 9.17) is 23.8 Å². The maximum Gasteiger partial charge on any atom is 0.472 e. The first kappa shape index (κ1) is 53.3. The highest BCUT2D eigenvalue weighted by Gasteiger charge is 2.28. The molecule has 0 aliphatic heterocycles. The Labute approximate surface area is 331 Å². The van der Waals surface area contributed by atoms with Crippen LogP contribution in [0.15, 0.2) is 36.5 Å². The lowest BCUT2D eigenvalue weighted by atomic mass is 10.0. The van der Waals surface area contributed by atoms with Crippen LogP contribution in [-0.2, 0) is 41.8 Å². The highest BCUT2D eigenvalue weighted by atomic mass is 31.2. The fraction of sp³-hybridized carbons (Fsp3) is 0.800. The number of phosphoric acid groups is 2. The van der Waals surface area contributed by atoms with Crippen LogP contribution in [0.25, 0.3) is 0 Å². The van der Waals surface area contributed by atoms with Gasteiger partial charge in [-0.2, -0.15) is 0 Å². The molecule has 1 unspecified atom stereocenters. The van der Waals surface area contributed by atoms with Crippen LogP contribution in [0.4, 0.5) is 0 Å². The van der Waals surface area contributed by atoms with Crippen molar-refractivity contribution in [3.8, 4) is 0 Å². The summed E-state index contributed by atoms with van der Waals surface area (Å²) in [7, 11) is -9.67. The fourth-order valence-corrected chi connectivity index (χ4v) is 6.51. The maximum atomic E-state index is 12.6. The van der Waals surface area contributed by atoms with Gasteiger partial charge in [0.15, 0.2) is 6.10 Å². The van der Waals surface area contributed by atoms with E-state index in [0.29, 0.717) is 12.8 Å². The van der Waals surface area contributed by atoms with E-state index in [1.54, 1.807) is 0 Å². The number of aliphatic hydroxyl groups excluding tert-OH is 1. The number of carbonyl (C=O) groups is 2. The summed E-state index contributed by atoms with van der Waals surface area (Å²) in [6, 6.07) is 0. The van der Waals surface area contributed by atoms with Crippen LogP contribution < -0.4 is 0 Å². The molecule has 0 rings (SSSR count). The summed E-state index contributed by atoms with van der Waals surface area (Å²) in [5.41, 5.74) is 0. The summed E-state index contributed by atoms with van der Waals surface area (Å²) in [5.74, 6) is -1.07. The van der Waals surface area contributed by atoms with Gasteiger partial charge in [0.25, 0.3) is 0 Å². The summed E-state index contributed by atoms with van der Waals surface area (Å²) in [5, 5.41) is 9.72. The smallest absolute Gasteiger partial charge is 0.462 e. The second-order valence-corrected chi connectivity index (χ2v) is 16.6. The van der Waals surface area contributed by atoms with Gasteiger partial charge in [0.05, 0.1) is 19.8 Å². The van der Waals surface area contributed by atoms with Gasteiger partial charge in [-0.1, -0.05) is 140 Å². The van der Waals surface area contributed by atoms with E-state index < -0.39 is 66.2 Å². The third kappa shape index (κ3) is 40.3. The Morgan fingerprint density at radius 2 is 0.945 bits per heavy atom. The van der Waals surface area contributed by atoms with E-state index in [0.717, 1.165) is 51.4 Å². The van der Waals surface area contributed by atoms with Gasteiger partial charge < -0.3 is 29.3 Å². The molecule has 0 saturated carbocycles. The predicted octanol–water partition coefficient (Wildman–Crippen LogP) is 10.1. The molecular weight excluding hydrogens is 750 g/mol. The van der Waals surface area contributed by atoms with Crippen LogP contribution in [0.2, 0.25) is 0 Å². The molecule has 0 heterocycles. The van der Waals surface area contributed by atoms with Crippen LogP contribution in [0, 0.1) is 0 Å². The fourth-order valence-electron chi connectivity index (χ4n) is 5.35. The summed E-state index contributed by atoms with van der Waals surface area (Å²) in [6.45, 7) is 1.69. The second kappa shape index (κ2) is 36.7. The number of hydrogen-bond acceptors (Lipinski definition) is 10. The van der Waals surface area contributed by atoms with Crippen LogP contribution in [0.1, 0.15) is 168 Å². The SMILES string of the molecule is CCCCC/C=C\C/C=C\C/C=C\CCCCC(=O)OC[C@H](COP(=O)(O)OC[C@@H](O)COP(=O)(O)O)OC(=O)CCCCCCCCCCCCCCC. The van der Waals surface area contributed by atoms with E-state index in [2.05, 4.69) is 59.4 Å². The van der Waals surface area contributed by atoms with Crippen LogP contribution in [0.5, 0.6) is 0 Å². The summed E-state index contributed by atoms with van der Waals surface area (Å²) in [6.07, 6.45) is 34.3. The third-order valence-electron chi connectivity index (χ3n) is 8.52. The van der Waals surface area contributed by atoms with Gasteiger partial charge in [-0.05, 0) is 51.4 Å². The summed E-state index contributed by atoms with van der Waals surface area (Å²) in [4.78, 5) is 52.5. The van der Waals surface area contributed by atoms with Crippen molar-refractivity contribution in [1.82, 2.24) is 0 Å². The van der Waals surface area contributed by atoms with E-state index in [9.17, 15) is 28.7 Å². The number of hydrogen-bond donors (Lipinski definition) is 4. The van der Waals surface area contributed by atoms with E-state index >= 15 is 0 Å². The molecule has 0 amide bonds. The van der Waals surface area contributed by atoms with Gasteiger partial charge in [-0.3, -0.25) is 23.2 Å². The second-order valence-electron chi connectivity index (χ2n) is 13.9. The van der Waals surface area contributed by atoms with Crippen molar-refractivity contribution >= 4 is 27.6 Å². The highest BCUT2D eigenvalue weighted by molar-refractivity contribution is 7.47. The zero-order valence-corrected chi connectivity index (χ0v) is 35.6. The van der Waals surface area contributed by atoms with Crippen molar-refractivity contribution in [1.29, 1.82) is 0 Å². The molecular formula is C40H74O13P2. The van der Waals surface area contributed by atoms with Crippen molar-refractivity contribution in [3.63, 3.8) is 0 Å². The first-order chi connectivity index (χ1) is 26.4. The number of unbranched alkanes of at least 4 members (excludes halogenated alkanes) is 17. The van der Waals surface area contributed by atoms with Gasteiger partial charge in [0.1, 0.15) is 12.7 Å². The molecule has 0 aromatic heterocycles. The Balaban J connectivity index is 4.60. The molecule has 4 N–H and O–H groups in total. The molecule has 0 fully saturated rings. The number of esters is 2. The molecule has 0 aromatic rings. The monoisotopic (exact) mass is 824 g/mol. The zero-order valence-electron chi connectivity index (χ0n) is 33.8. The van der Waals surface area contributed by atoms with E-state index in [1.165, 1.54) is 77.0 Å². The summed E-state index contributed by atoms with van der Waals surface area (Å²) >= 11 is 0. The van der Waals surface area contributed by atoms with Crippen LogP contribution >= 0.6 is 15.6 Å². The highest BCUT2D eigenvalue weighted by Crippen LogP contribution is 2.43. The Morgan fingerprint density at radius 3 is 1.49 bits per heavy atom. The van der Waals surface area contributed by atoms with E-state index in [-0.39, 0.29) is 12.8 Å². The van der Waals surface area contributed by atoms with Crippen molar-refractivity contribution in [2.45, 2.75) is 180 Å². The Kier molecular flexibility index (Phi) is 35.6. The minimum atomic E-state index is -4.86. The van der Waals surface area contributed by atoms with Crippen LogP contribution in [-0.4, -0.2) is 70.4 Å². The molecule has 13 nitrogen and oxygen atoms in total. The average molecular weight is 825 g/mol. The van der Waals surface area contributed by atoms with Gasteiger partial charge in [0.2, 0.25) is 0 Å². The number of phosphoric ester groups is 2. The molecule has 3 atom stereocenters. The number of aliphatic hydroxyl groups is 1. The molecule has 55 heavy (non-hydrogen) atoms.